The molecule has 16 unspecified atom stereocenters. The Hall–Kier alpha value is -12.0. The van der Waals surface area contributed by atoms with E-state index in [1.54, 1.807) is 30.5 Å². The molecule has 1 aromatic carbocycles. The Kier molecular flexibility index (Phi) is 41.5. The molecule has 2 heterocycles. The topological polar surface area (TPSA) is 711 Å². The number of primary amides is 2. The number of aromatic amines is 1. The molecule has 0 spiro atoms. The summed E-state index contributed by atoms with van der Waals surface area (Å²) in [7, 11) is 0.801. The Morgan fingerprint density at radius 2 is 1.17 bits per heavy atom. The summed E-state index contributed by atoms with van der Waals surface area (Å²) >= 11 is 0. The van der Waals surface area contributed by atoms with Gasteiger partial charge in [-0.15, -0.1) is 0 Å². The number of amides is 15. The summed E-state index contributed by atoms with van der Waals surface area (Å²) in [5.74, 6) is -30.8. The molecule has 1 saturated heterocycles. The van der Waals surface area contributed by atoms with E-state index in [1.165, 1.54) is 13.8 Å². The number of aromatic nitrogens is 1. The highest BCUT2D eigenvalue weighted by Crippen LogP contribution is 2.22. The number of fused-ring (bicyclic) bond motifs is 1. The van der Waals surface area contributed by atoms with E-state index in [9.17, 15) is 121 Å². The Labute approximate surface area is 665 Å². The van der Waals surface area contributed by atoms with Gasteiger partial charge < -0.3 is 126 Å². The Morgan fingerprint density at radius 1 is 0.586 bits per heavy atom. The minimum absolute atomic E-state index is 0.00389. The van der Waals surface area contributed by atoms with Crippen LogP contribution in [-0.2, 0) is 112 Å². The van der Waals surface area contributed by atoms with Crippen molar-refractivity contribution in [2.75, 3.05) is 26.7 Å². The number of methoxy groups -OCH3 is 1. The van der Waals surface area contributed by atoms with E-state index in [4.69, 9.17) is 26.7 Å². The van der Waals surface area contributed by atoms with Crippen molar-refractivity contribution < 1.29 is 131 Å². The van der Waals surface area contributed by atoms with Crippen LogP contribution in [0, 0.1) is 17.8 Å². The van der Waals surface area contributed by atoms with Gasteiger partial charge in [-0.25, -0.2) is 9.59 Å². The largest absolute Gasteiger partial charge is 0.481 e. The number of para-hydroxylation sites is 1. The minimum atomic E-state index is -2.80. The van der Waals surface area contributed by atoms with Crippen LogP contribution >= 0.6 is 0 Å². The summed E-state index contributed by atoms with van der Waals surface area (Å²) < 4.78 is 10.7. The van der Waals surface area contributed by atoms with Gasteiger partial charge >= 0.3 is 29.8 Å². The Balaban J connectivity index is 2.27. The number of H-pyrrole nitrogens is 1. The number of aliphatic hydroxyl groups is 1. The molecule has 16 atom stereocenters. The molecule has 1 aliphatic heterocycles. The van der Waals surface area contributed by atoms with Gasteiger partial charge in [0.2, 0.25) is 88.6 Å². The van der Waals surface area contributed by atoms with Crippen molar-refractivity contribution in [3.8, 4) is 0 Å². The van der Waals surface area contributed by atoms with Gasteiger partial charge in [0, 0.05) is 43.5 Å². The van der Waals surface area contributed by atoms with E-state index in [-0.39, 0.29) is 45.1 Å². The summed E-state index contributed by atoms with van der Waals surface area (Å²) in [5.41, 5.74) is 17.7. The first kappa shape index (κ1) is 98.2. The fraction of sp³-hybridized carbons (Fsp3) is 0.611. The lowest BCUT2D eigenvalue weighted by atomic mass is 9.94. The smallest absolute Gasteiger partial charge is 0.335 e. The van der Waals surface area contributed by atoms with Crippen LogP contribution in [0.2, 0.25) is 0 Å². The maximum Gasteiger partial charge on any atom is 0.335 e. The number of esters is 1. The van der Waals surface area contributed by atoms with Crippen molar-refractivity contribution in [2.45, 2.75) is 236 Å². The SMILES string of the molecule is CCC(C)C1NC(=O)C(C(C)CC(=O)O)NC(=O)C(CC(N)=O)NC(=O)CNC(=O)C(C(OC)C(=O)O)NC(=O)C(CCCCN)NC(=O)C(CC(=O)O)NC(=O)C(C)NC(=O)CNC(=O)C(NC(=O)C(NC(=O)C(CCC(=O)O)NC(=O)C(Cc2c[nH]c3ccccc23)NC(=O)CCCCCCC(C)C)C(O)C(N)=O)C(C)OC1=O. The maximum absolute atomic E-state index is 14.8. The van der Waals surface area contributed by atoms with Crippen LogP contribution in [-0.4, -0.2) is 260 Å². The summed E-state index contributed by atoms with van der Waals surface area (Å²) in [6.07, 6.45) is -7.21. The highest BCUT2D eigenvalue weighted by atomic mass is 16.5. The first-order valence-electron chi connectivity index (χ1n) is 37.5. The maximum atomic E-state index is 14.8. The molecule has 1 fully saturated rings. The quantitative estimate of drug-likeness (QED) is 0.0221. The van der Waals surface area contributed by atoms with Crippen molar-refractivity contribution in [3.63, 3.8) is 0 Å². The lowest BCUT2D eigenvalue weighted by molar-refractivity contribution is -0.158. The van der Waals surface area contributed by atoms with E-state index in [0.29, 0.717) is 35.2 Å². The van der Waals surface area contributed by atoms with Crippen LogP contribution in [0.15, 0.2) is 30.5 Å². The van der Waals surface area contributed by atoms with Gasteiger partial charge in [0.25, 0.3) is 0 Å². The Bertz CT molecular complexity index is 3850. The summed E-state index contributed by atoms with van der Waals surface area (Å²) in [6, 6.07) is -15.8. The van der Waals surface area contributed by atoms with Crippen LogP contribution in [0.5, 0.6) is 0 Å². The predicted octanol–water partition coefficient (Wildman–Crippen LogP) is -6.32. The molecule has 0 aliphatic carbocycles. The van der Waals surface area contributed by atoms with Crippen molar-refractivity contribution >= 4 is 129 Å². The monoisotopic (exact) mass is 1640 g/mol. The molecule has 2 aromatic rings. The van der Waals surface area contributed by atoms with Gasteiger partial charge in [0.15, 0.2) is 12.2 Å². The van der Waals surface area contributed by atoms with E-state index >= 15 is 0 Å². The molecule has 25 N–H and O–H groups in total. The molecule has 0 bridgehead atoms. The predicted molar refractivity (Wildman–Crippen MR) is 403 cm³/mol. The standard InChI is InChI=1S/C72H109N17O27/c1-9-34(4)54-72(114)116-37(7)55(87-70(111)56(58(100)60(75)101)88-63(104)42(23-24-50(94)95)83-64(105)43(27-38-30-76-40-20-15-14-19-39(38)40)80-47(91)22-13-11-10-12-18-33(2)3)67(108)77-31-48(92)79-36(6)61(102)84-45(29-52(98)99)65(106)82-41(21-16-17-25-73)62(103)89-57(59(115-8)71(112)113)68(109)78-32-49(93)81-44(28-46(74)90)66(107)85-53(69(110)86-54)35(5)26-51(96)97/h14-15,19-20,30,33-37,41-45,53-59,76,100H,9-13,16-18,21-29,31-32,73H2,1-8H3,(H2,74,90)(H2,75,101)(H,77,108)(H,78,109)(H,79,92)(H,80,91)(H,81,93)(H,82,106)(H,83,105)(H,84,102)(H,85,107)(H,86,110)(H,87,111)(H,88,104)(H,89,103)(H,94,95)(H,96,97)(H,98,99)(H,112,113). The van der Waals surface area contributed by atoms with Gasteiger partial charge in [0.05, 0.1) is 32.4 Å². The molecule has 1 aromatic heterocycles. The third kappa shape index (κ3) is 33.2. The number of unbranched alkanes of at least 4 members (excludes halogenated alkanes) is 4. The molecular formula is C72H109N17O27. The fourth-order valence-corrected chi connectivity index (χ4v) is 11.9. The second-order valence-electron chi connectivity index (χ2n) is 28.4. The summed E-state index contributed by atoms with van der Waals surface area (Å²) in [6.45, 7) is 7.62. The molecule has 0 saturated carbocycles. The second kappa shape index (κ2) is 49.0. The summed E-state index contributed by atoms with van der Waals surface area (Å²) in [5, 5.41) is 80.1. The number of carbonyl (C=O) groups excluding carboxylic acids is 16. The normalized spacial score (nSPS) is 22.0. The number of aliphatic carboxylic acids is 4. The number of benzene rings is 1. The summed E-state index contributed by atoms with van der Waals surface area (Å²) in [4.78, 5) is 276. The average Bonchev–Trinajstić information content (AvgIpc) is 1.70. The van der Waals surface area contributed by atoms with Gasteiger partial charge in [-0.3, -0.25) is 86.3 Å². The number of rotatable bonds is 37. The fourth-order valence-electron chi connectivity index (χ4n) is 11.9. The number of nitrogens with one attached hydrogen (secondary N) is 14. The first-order chi connectivity index (χ1) is 54.5. The number of carboxylic acids is 4. The molecule has 44 heteroatoms. The van der Waals surface area contributed by atoms with Crippen molar-refractivity contribution in [1.82, 2.24) is 74.1 Å². The van der Waals surface area contributed by atoms with Gasteiger partial charge in [-0.1, -0.05) is 84.9 Å². The van der Waals surface area contributed by atoms with E-state index < -0.39 is 260 Å². The van der Waals surface area contributed by atoms with Crippen LogP contribution in [0.4, 0.5) is 0 Å². The first-order valence-corrected chi connectivity index (χ1v) is 37.5. The third-order valence-electron chi connectivity index (χ3n) is 18.6. The van der Waals surface area contributed by atoms with Crippen molar-refractivity contribution in [3.05, 3.63) is 36.0 Å². The average molecular weight is 1640 g/mol. The molecule has 0 radical (unpaired) electrons. The van der Waals surface area contributed by atoms with Crippen LogP contribution in [0.25, 0.3) is 10.9 Å². The lowest BCUT2D eigenvalue weighted by Crippen LogP contribution is -2.64. The van der Waals surface area contributed by atoms with Crippen LogP contribution in [0.1, 0.15) is 150 Å². The van der Waals surface area contributed by atoms with Crippen LogP contribution < -0.4 is 86.3 Å². The number of nitrogens with two attached hydrogens (primary N) is 3. The molecule has 44 nitrogen and oxygen atoms in total. The van der Waals surface area contributed by atoms with E-state index in [0.717, 1.165) is 47.1 Å². The number of ether oxygens (including phenoxy) is 2. The third-order valence-corrected chi connectivity index (χ3v) is 18.6. The van der Waals surface area contributed by atoms with Gasteiger partial charge in [0.1, 0.15) is 72.6 Å². The molecule has 3 rings (SSSR count). The molecular weight excluding hydrogens is 1530 g/mol. The number of cyclic esters (lactones) is 1. The molecule has 644 valence electrons. The number of carboxylic acid groups (broad SMARTS) is 4. The highest BCUT2D eigenvalue weighted by Gasteiger charge is 2.44. The van der Waals surface area contributed by atoms with Gasteiger partial charge in [-0.05, 0) is 81.9 Å². The van der Waals surface area contributed by atoms with Gasteiger partial charge in [-0.2, -0.15) is 0 Å². The molecule has 1 aliphatic rings. The lowest BCUT2D eigenvalue weighted by Gasteiger charge is -2.32. The van der Waals surface area contributed by atoms with Crippen molar-refractivity contribution in [1.29, 1.82) is 0 Å². The zero-order valence-electron chi connectivity index (χ0n) is 65.6. The Morgan fingerprint density at radius 3 is 1.77 bits per heavy atom. The second-order valence-corrected chi connectivity index (χ2v) is 28.4. The van der Waals surface area contributed by atoms with E-state index in [2.05, 4.69) is 77.3 Å². The highest BCUT2D eigenvalue weighted by molar-refractivity contribution is 6.02. The van der Waals surface area contributed by atoms with Crippen LogP contribution in [0.3, 0.4) is 0 Å². The number of aliphatic hydroxyl groups excluding tert-OH is 1. The number of hydrogen-bond donors (Lipinski definition) is 22. The van der Waals surface area contributed by atoms with E-state index in [1.807, 2.05) is 10.6 Å². The zero-order valence-corrected chi connectivity index (χ0v) is 65.6. The zero-order chi connectivity index (χ0) is 87.4. The molecule has 116 heavy (non-hydrogen) atoms. The molecule has 15 amide bonds. The number of hydrogen-bond acceptors (Lipinski definition) is 24. The van der Waals surface area contributed by atoms with Crippen molar-refractivity contribution in [2.24, 2.45) is 35.0 Å². The number of carbonyl (C=O) groups is 20. The minimum Gasteiger partial charge on any atom is -0.481 e.